The average Bonchev–Trinajstić information content (AvgIpc) is 3.18. The lowest BCUT2D eigenvalue weighted by molar-refractivity contribution is -0.122. The van der Waals surface area contributed by atoms with E-state index in [2.05, 4.69) is 34.5 Å². The molecule has 0 unspecified atom stereocenters. The van der Waals surface area contributed by atoms with Crippen LogP contribution < -0.4 is 5.32 Å². The van der Waals surface area contributed by atoms with Crippen molar-refractivity contribution in [2.45, 2.75) is 31.7 Å². The highest BCUT2D eigenvalue weighted by atomic mass is 16.2. The average molecular weight is 244 g/mol. The zero-order valence-corrected chi connectivity index (χ0v) is 10.7. The maximum absolute atomic E-state index is 11.8. The van der Waals surface area contributed by atoms with E-state index in [0.29, 0.717) is 12.6 Å². The molecule has 1 aromatic carbocycles. The summed E-state index contributed by atoms with van der Waals surface area (Å²) < 4.78 is 0. The fourth-order valence-corrected chi connectivity index (χ4v) is 2.58. The SMILES string of the molecule is O=C(CN1CCc2ccccc2CC1)NC1CC1. The van der Waals surface area contributed by atoms with Crippen molar-refractivity contribution in [3.63, 3.8) is 0 Å². The molecule has 0 radical (unpaired) electrons. The first kappa shape index (κ1) is 11.7. The van der Waals surface area contributed by atoms with E-state index in [1.165, 1.54) is 11.1 Å². The molecule has 1 amide bonds. The Bertz CT molecular complexity index is 413. The number of hydrogen-bond acceptors (Lipinski definition) is 2. The van der Waals surface area contributed by atoms with E-state index in [-0.39, 0.29) is 5.91 Å². The predicted molar refractivity (Wildman–Crippen MR) is 71.5 cm³/mol. The largest absolute Gasteiger partial charge is 0.352 e. The van der Waals surface area contributed by atoms with Gasteiger partial charge in [0.05, 0.1) is 6.54 Å². The molecule has 0 bridgehead atoms. The van der Waals surface area contributed by atoms with E-state index < -0.39 is 0 Å². The van der Waals surface area contributed by atoms with Crippen molar-refractivity contribution in [2.75, 3.05) is 19.6 Å². The van der Waals surface area contributed by atoms with Gasteiger partial charge in [0.15, 0.2) is 0 Å². The highest BCUT2D eigenvalue weighted by molar-refractivity contribution is 5.78. The molecule has 1 saturated carbocycles. The van der Waals surface area contributed by atoms with Crippen molar-refractivity contribution >= 4 is 5.91 Å². The Balaban J connectivity index is 1.55. The Morgan fingerprint density at radius 1 is 1.17 bits per heavy atom. The summed E-state index contributed by atoms with van der Waals surface area (Å²) in [7, 11) is 0. The molecule has 3 heteroatoms. The highest BCUT2D eigenvalue weighted by Crippen LogP contribution is 2.19. The minimum Gasteiger partial charge on any atom is -0.352 e. The molecule has 0 spiro atoms. The van der Waals surface area contributed by atoms with E-state index in [4.69, 9.17) is 0 Å². The monoisotopic (exact) mass is 244 g/mol. The van der Waals surface area contributed by atoms with Gasteiger partial charge in [-0.05, 0) is 36.8 Å². The highest BCUT2D eigenvalue weighted by Gasteiger charge is 2.24. The fraction of sp³-hybridized carbons (Fsp3) is 0.533. The second-order valence-corrected chi connectivity index (χ2v) is 5.39. The molecule has 3 rings (SSSR count). The van der Waals surface area contributed by atoms with Crippen molar-refractivity contribution < 1.29 is 4.79 Å². The zero-order valence-electron chi connectivity index (χ0n) is 10.7. The van der Waals surface area contributed by atoms with E-state index in [1.54, 1.807) is 0 Å². The van der Waals surface area contributed by atoms with Crippen LogP contribution in [-0.4, -0.2) is 36.5 Å². The predicted octanol–water partition coefficient (Wildman–Crippen LogP) is 1.37. The second-order valence-electron chi connectivity index (χ2n) is 5.39. The maximum atomic E-state index is 11.8. The van der Waals surface area contributed by atoms with Crippen LogP contribution in [0.2, 0.25) is 0 Å². The van der Waals surface area contributed by atoms with Crippen LogP contribution in [0.15, 0.2) is 24.3 Å². The Hall–Kier alpha value is -1.35. The molecule has 0 atom stereocenters. The van der Waals surface area contributed by atoms with Gasteiger partial charge >= 0.3 is 0 Å². The molecular formula is C15H20N2O. The summed E-state index contributed by atoms with van der Waals surface area (Å²) in [5, 5.41) is 3.06. The number of fused-ring (bicyclic) bond motifs is 1. The third kappa shape index (κ3) is 2.91. The molecule has 96 valence electrons. The minimum absolute atomic E-state index is 0.198. The lowest BCUT2D eigenvalue weighted by Crippen LogP contribution is -2.39. The Morgan fingerprint density at radius 2 is 1.78 bits per heavy atom. The van der Waals surface area contributed by atoms with Crippen LogP contribution in [0.3, 0.4) is 0 Å². The number of nitrogens with one attached hydrogen (secondary N) is 1. The quantitative estimate of drug-likeness (QED) is 0.871. The number of rotatable bonds is 3. The van der Waals surface area contributed by atoms with Crippen LogP contribution >= 0.6 is 0 Å². The topological polar surface area (TPSA) is 32.3 Å². The van der Waals surface area contributed by atoms with E-state index >= 15 is 0 Å². The van der Waals surface area contributed by atoms with E-state index in [1.807, 2.05) is 0 Å². The van der Waals surface area contributed by atoms with Gasteiger partial charge in [0, 0.05) is 19.1 Å². The number of hydrogen-bond donors (Lipinski definition) is 1. The zero-order chi connectivity index (χ0) is 12.4. The van der Waals surface area contributed by atoms with Crippen molar-refractivity contribution in [3.8, 4) is 0 Å². The third-order valence-electron chi connectivity index (χ3n) is 3.82. The van der Waals surface area contributed by atoms with Crippen molar-refractivity contribution in [1.82, 2.24) is 10.2 Å². The Morgan fingerprint density at radius 3 is 2.33 bits per heavy atom. The van der Waals surface area contributed by atoms with Crippen molar-refractivity contribution in [2.24, 2.45) is 0 Å². The molecule has 1 N–H and O–H groups in total. The molecule has 1 fully saturated rings. The Kier molecular flexibility index (Phi) is 3.33. The maximum Gasteiger partial charge on any atom is 0.234 e. The van der Waals surface area contributed by atoms with Gasteiger partial charge in [0.1, 0.15) is 0 Å². The molecule has 3 nitrogen and oxygen atoms in total. The first-order chi connectivity index (χ1) is 8.81. The number of nitrogens with zero attached hydrogens (tertiary/aromatic N) is 1. The van der Waals surface area contributed by atoms with Crippen LogP contribution in [0.4, 0.5) is 0 Å². The first-order valence-corrected chi connectivity index (χ1v) is 6.90. The summed E-state index contributed by atoms with van der Waals surface area (Å²) in [6.45, 7) is 2.55. The smallest absolute Gasteiger partial charge is 0.234 e. The van der Waals surface area contributed by atoms with Gasteiger partial charge in [0.25, 0.3) is 0 Å². The molecule has 0 aromatic heterocycles. The lowest BCUT2D eigenvalue weighted by Gasteiger charge is -2.18. The Labute approximate surface area is 108 Å². The number of carbonyl (C=O) groups is 1. The van der Waals surface area contributed by atoms with Crippen LogP contribution in [0, 0.1) is 0 Å². The molecule has 18 heavy (non-hydrogen) atoms. The van der Waals surface area contributed by atoms with Crippen LogP contribution in [0.1, 0.15) is 24.0 Å². The molecule has 1 aliphatic carbocycles. The van der Waals surface area contributed by atoms with E-state index in [9.17, 15) is 4.79 Å². The first-order valence-electron chi connectivity index (χ1n) is 6.90. The molecule has 1 aromatic rings. The summed E-state index contributed by atoms with van der Waals surface area (Å²) in [5.41, 5.74) is 2.89. The standard InChI is InChI=1S/C15H20N2O/c18-15(16-14-5-6-14)11-17-9-7-12-3-1-2-4-13(12)8-10-17/h1-4,14H,5-11H2,(H,16,18). The van der Waals surface area contributed by atoms with E-state index in [0.717, 1.165) is 38.8 Å². The van der Waals surface area contributed by atoms with Gasteiger partial charge in [-0.1, -0.05) is 24.3 Å². The second kappa shape index (κ2) is 5.11. The van der Waals surface area contributed by atoms with Gasteiger partial charge in [-0.2, -0.15) is 0 Å². The molecule has 1 aliphatic heterocycles. The summed E-state index contributed by atoms with van der Waals surface area (Å²) in [6, 6.07) is 9.11. The van der Waals surface area contributed by atoms with Crippen LogP contribution in [-0.2, 0) is 17.6 Å². The molecular weight excluding hydrogens is 224 g/mol. The molecule has 0 saturated heterocycles. The number of carbonyl (C=O) groups excluding carboxylic acids is 1. The number of amides is 1. The van der Waals surface area contributed by atoms with Gasteiger partial charge in [-0.25, -0.2) is 0 Å². The van der Waals surface area contributed by atoms with Gasteiger partial charge < -0.3 is 5.32 Å². The van der Waals surface area contributed by atoms with Crippen LogP contribution in [0.25, 0.3) is 0 Å². The van der Waals surface area contributed by atoms with Gasteiger partial charge in [-0.3, -0.25) is 9.69 Å². The van der Waals surface area contributed by atoms with Crippen molar-refractivity contribution in [3.05, 3.63) is 35.4 Å². The van der Waals surface area contributed by atoms with Gasteiger partial charge in [0.2, 0.25) is 5.91 Å². The molecule has 2 aliphatic rings. The van der Waals surface area contributed by atoms with Crippen LogP contribution in [0.5, 0.6) is 0 Å². The summed E-state index contributed by atoms with van der Waals surface area (Å²) in [6.07, 6.45) is 4.45. The summed E-state index contributed by atoms with van der Waals surface area (Å²) in [5.74, 6) is 0.198. The van der Waals surface area contributed by atoms with Crippen molar-refractivity contribution in [1.29, 1.82) is 0 Å². The summed E-state index contributed by atoms with van der Waals surface area (Å²) in [4.78, 5) is 14.1. The fourth-order valence-electron chi connectivity index (χ4n) is 2.58. The summed E-state index contributed by atoms with van der Waals surface area (Å²) >= 11 is 0. The number of benzene rings is 1. The van der Waals surface area contributed by atoms with Gasteiger partial charge in [-0.15, -0.1) is 0 Å². The lowest BCUT2D eigenvalue weighted by atomic mass is 10.0. The third-order valence-corrected chi connectivity index (χ3v) is 3.82. The normalized spacial score (nSPS) is 20.0. The minimum atomic E-state index is 0.198. The molecule has 1 heterocycles.